The monoisotopic (exact) mass is 312 g/mol. The zero-order valence-electron chi connectivity index (χ0n) is 11.4. The third-order valence-corrected chi connectivity index (χ3v) is 3.32. The molecule has 1 unspecified atom stereocenters. The Bertz CT molecular complexity index is 637. The first-order chi connectivity index (χ1) is 10.0. The molecule has 3 N–H and O–H groups in total. The molecule has 2 aromatic rings. The van der Waals surface area contributed by atoms with Crippen LogP contribution in [0.25, 0.3) is 0 Å². The molecule has 0 aliphatic carbocycles. The lowest BCUT2D eigenvalue weighted by Crippen LogP contribution is -2.33. The second-order valence-electron chi connectivity index (χ2n) is 4.58. The maximum Gasteiger partial charge on any atom is 0.134 e. The van der Waals surface area contributed by atoms with Crippen LogP contribution in [0.2, 0.25) is 5.02 Å². The van der Waals surface area contributed by atoms with E-state index < -0.39 is 17.7 Å². The van der Waals surface area contributed by atoms with Gasteiger partial charge in [0.2, 0.25) is 0 Å². The molecule has 6 heteroatoms. The topological polar surface area (TPSA) is 47.3 Å². The smallest absolute Gasteiger partial charge is 0.134 e. The first-order valence-electron chi connectivity index (χ1n) is 6.32. The van der Waals surface area contributed by atoms with Gasteiger partial charge in [0.15, 0.2) is 0 Å². The van der Waals surface area contributed by atoms with Gasteiger partial charge in [0.25, 0.3) is 0 Å². The minimum atomic E-state index is -0.816. The fourth-order valence-electron chi connectivity index (χ4n) is 1.95. The van der Waals surface area contributed by atoms with Crippen molar-refractivity contribution < 1.29 is 13.5 Å². The highest BCUT2D eigenvalue weighted by Gasteiger charge is 2.21. The third-order valence-electron chi connectivity index (χ3n) is 3.08. The van der Waals surface area contributed by atoms with E-state index in [0.717, 1.165) is 0 Å². The molecule has 21 heavy (non-hydrogen) atoms. The number of ether oxygens (including phenoxy) is 1. The molecule has 2 rings (SSSR count). The van der Waals surface area contributed by atoms with Crippen LogP contribution in [0.3, 0.4) is 0 Å². The van der Waals surface area contributed by atoms with Crippen molar-refractivity contribution in [2.45, 2.75) is 13.0 Å². The summed E-state index contributed by atoms with van der Waals surface area (Å²) in [7, 11) is 0. The average molecular weight is 313 g/mol. The van der Waals surface area contributed by atoms with E-state index in [-0.39, 0.29) is 12.2 Å². The first-order valence-corrected chi connectivity index (χ1v) is 6.69. The predicted molar refractivity (Wildman–Crippen MR) is 78.1 cm³/mol. The van der Waals surface area contributed by atoms with Crippen molar-refractivity contribution >= 4 is 11.6 Å². The van der Waals surface area contributed by atoms with Crippen molar-refractivity contribution in [2.24, 2.45) is 5.84 Å². The van der Waals surface area contributed by atoms with E-state index in [1.54, 1.807) is 31.2 Å². The summed E-state index contributed by atoms with van der Waals surface area (Å²) in [5, 5.41) is 0.512. The second kappa shape index (κ2) is 6.85. The van der Waals surface area contributed by atoms with Crippen molar-refractivity contribution in [3.8, 4) is 5.75 Å². The molecule has 0 radical (unpaired) electrons. The molecule has 0 aliphatic rings. The fourth-order valence-corrected chi connectivity index (χ4v) is 2.13. The van der Waals surface area contributed by atoms with Gasteiger partial charge in [-0.2, -0.15) is 0 Å². The molecule has 1 atom stereocenters. The Morgan fingerprint density at radius 1 is 1.29 bits per heavy atom. The van der Waals surface area contributed by atoms with Crippen molar-refractivity contribution in [1.29, 1.82) is 0 Å². The number of hydrogen-bond donors (Lipinski definition) is 2. The Labute approximate surface area is 126 Å². The van der Waals surface area contributed by atoms with Gasteiger partial charge in [-0.25, -0.2) is 14.2 Å². The Hall–Kier alpha value is -1.69. The summed E-state index contributed by atoms with van der Waals surface area (Å²) < 4.78 is 33.4. The number of nitrogens with two attached hydrogens (primary N) is 1. The molecule has 0 spiro atoms. The Kier molecular flexibility index (Phi) is 5.12. The molecule has 3 nitrogen and oxygen atoms in total. The molecule has 0 bridgehead atoms. The van der Waals surface area contributed by atoms with Crippen molar-refractivity contribution in [3.63, 3.8) is 0 Å². The minimum Gasteiger partial charge on any atom is -0.491 e. The predicted octanol–water partition coefficient (Wildman–Crippen LogP) is 3.51. The van der Waals surface area contributed by atoms with Crippen LogP contribution in [0.15, 0.2) is 36.4 Å². The van der Waals surface area contributed by atoms with Gasteiger partial charge in [-0.05, 0) is 36.8 Å². The highest BCUT2D eigenvalue weighted by molar-refractivity contribution is 6.30. The third kappa shape index (κ3) is 3.69. The zero-order chi connectivity index (χ0) is 15.4. The van der Waals surface area contributed by atoms with Gasteiger partial charge in [0.1, 0.15) is 24.0 Å². The van der Waals surface area contributed by atoms with Crippen LogP contribution in [0.5, 0.6) is 5.75 Å². The van der Waals surface area contributed by atoms with Crippen LogP contribution in [0.4, 0.5) is 8.78 Å². The van der Waals surface area contributed by atoms with Crippen molar-refractivity contribution in [2.75, 3.05) is 6.61 Å². The Morgan fingerprint density at radius 3 is 2.71 bits per heavy atom. The lowest BCUT2D eigenvalue weighted by Gasteiger charge is -2.19. The summed E-state index contributed by atoms with van der Waals surface area (Å²) in [6.07, 6.45) is 0. The molecule has 0 aliphatic heterocycles. The van der Waals surface area contributed by atoms with Gasteiger partial charge < -0.3 is 4.74 Å². The molecule has 0 amide bonds. The highest BCUT2D eigenvalue weighted by Crippen LogP contribution is 2.24. The first kappa shape index (κ1) is 15.7. The molecule has 0 saturated carbocycles. The lowest BCUT2D eigenvalue weighted by molar-refractivity contribution is 0.260. The number of nitrogens with one attached hydrogen (secondary N) is 1. The van der Waals surface area contributed by atoms with E-state index in [9.17, 15) is 8.78 Å². The molecular weight excluding hydrogens is 298 g/mol. The Balaban J connectivity index is 2.19. The SMILES string of the molecule is Cc1ccc(F)c(C(COc2cccc(Cl)c2)NN)c1F. The van der Waals surface area contributed by atoms with Crippen LogP contribution >= 0.6 is 11.6 Å². The van der Waals surface area contributed by atoms with E-state index in [2.05, 4.69) is 5.43 Å². The molecule has 2 aromatic carbocycles. The van der Waals surface area contributed by atoms with Crippen LogP contribution in [-0.4, -0.2) is 6.61 Å². The van der Waals surface area contributed by atoms with Crippen molar-refractivity contribution in [3.05, 3.63) is 64.2 Å². The summed E-state index contributed by atoms with van der Waals surface area (Å²) in [6.45, 7) is 1.53. The normalized spacial score (nSPS) is 12.2. The van der Waals surface area contributed by atoms with E-state index in [4.69, 9.17) is 22.2 Å². The van der Waals surface area contributed by atoms with Gasteiger partial charge in [-0.1, -0.05) is 23.7 Å². The standard InChI is InChI=1S/C15H15ClF2N2O/c1-9-5-6-12(17)14(15(9)18)13(20-19)8-21-11-4-2-3-10(16)7-11/h2-7,13,20H,8,19H2,1H3. The van der Waals surface area contributed by atoms with E-state index in [0.29, 0.717) is 16.3 Å². The lowest BCUT2D eigenvalue weighted by atomic mass is 10.0. The molecule has 112 valence electrons. The average Bonchev–Trinajstić information content (AvgIpc) is 2.46. The van der Waals surface area contributed by atoms with Crippen LogP contribution in [0.1, 0.15) is 17.2 Å². The van der Waals surface area contributed by atoms with Crippen LogP contribution < -0.4 is 16.0 Å². The van der Waals surface area contributed by atoms with Crippen LogP contribution in [-0.2, 0) is 0 Å². The summed E-state index contributed by atoms with van der Waals surface area (Å²) in [5.41, 5.74) is 2.58. The maximum absolute atomic E-state index is 14.1. The van der Waals surface area contributed by atoms with Gasteiger partial charge >= 0.3 is 0 Å². The highest BCUT2D eigenvalue weighted by atomic mass is 35.5. The Morgan fingerprint density at radius 2 is 2.05 bits per heavy atom. The number of halogens is 3. The van der Waals surface area contributed by atoms with E-state index in [1.165, 1.54) is 12.1 Å². The van der Waals surface area contributed by atoms with Gasteiger partial charge in [0, 0.05) is 10.6 Å². The largest absolute Gasteiger partial charge is 0.491 e. The number of rotatable bonds is 5. The fraction of sp³-hybridized carbons (Fsp3) is 0.200. The molecule has 0 heterocycles. The minimum absolute atomic E-state index is 0.0336. The summed E-state index contributed by atoms with van der Waals surface area (Å²) in [6, 6.07) is 8.49. The van der Waals surface area contributed by atoms with Gasteiger partial charge in [0.05, 0.1) is 6.04 Å². The number of hydrogen-bond acceptors (Lipinski definition) is 3. The van der Waals surface area contributed by atoms with Gasteiger partial charge in [-0.15, -0.1) is 0 Å². The summed E-state index contributed by atoms with van der Waals surface area (Å²) >= 11 is 5.84. The van der Waals surface area contributed by atoms with Crippen molar-refractivity contribution in [1.82, 2.24) is 5.43 Å². The maximum atomic E-state index is 14.1. The van der Waals surface area contributed by atoms with Crippen LogP contribution in [0, 0.1) is 18.6 Å². The van der Waals surface area contributed by atoms with Gasteiger partial charge in [-0.3, -0.25) is 5.84 Å². The molecular formula is C15H15ClF2N2O. The van der Waals surface area contributed by atoms with E-state index >= 15 is 0 Å². The summed E-state index contributed by atoms with van der Waals surface area (Å²) in [5.74, 6) is 4.59. The number of hydrazine groups is 1. The number of aryl methyl sites for hydroxylation is 1. The zero-order valence-corrected chi connectivity index (χ0v) is 12.1. The molecule has 0 saturated heterocycles. The summed E-state index contributed by atoms with van der Waals surface area (Å²) in [4.78, 5) is 0. The molecule has 0 aromatic heterocycles. The van der Waals surface area contributed by atoms with E-state index in [1.807, 2.05) is 0 Å². The second-order valence-corrected chi connectivity index (χ2v) is 5.02. The quantitative estimate of drug-likeness (QED) is 0.656. The number of benzene rings is 2. The molecule has 0 fully saturated rings.